The minimum Gasteiger partial charge on any atom is -0.324 e. The number of hydrogen-bond donors (Lipinski definition) is 1. The van der Waals surface area contributed by atoms with Crippen LogP contribution in [0.3, 0.4) is 0 Å². The van der Waals surface area contributed by atoms with Crippen LogP contribution in [-0.4, -0.2) is 9.55 Å². The van der Waals surface area contributed by atoms with Gasteiger partial charge in [-0.25, -0.2) is 4.98 Å². The van der Waals surface area contributed by atoms with E-state index >= 15 is 0 Å². The fourth-order valence-corrected chi connectivity index (χ4v) is 1.72. The number of hydrogen-bond acceptors (Lipinski definition) is 2. The van der Waals surface area contributed by atoms with Gasteiger partial charge in [0.1, 0.15) is 5.82 Å². The van der Waals surface area contributed by atoms with E-state index in [0.717, 1.165) is 17.1 Å². The summed E-state index contributed by atoms with van der Waals surface area (Å²) in [6.45, 7) is 3.98. The standard InChI is InChI=1S/C12H15N3/c1-9(13)11-5-3-4-6-12(11)15-8-7-14-10(15)2/h3-9H,13H2,1-2H3/t9-/m1/s1. The summed E-state index contributed by atoms with van der Waals surface area (Å²) in [6, 6.07) is 8.17. The van der Waals surface area contributed by atoms with Gasteiger partial charge in [0.25, 0.3) is 0 Å². The Hall–Kier alpha value is -1.61. The fraction of sp³-hybridized carbons (Fsp3) is 0.250. The monoisotopic (exact) mass is 201 g/mol. The van der Waals surface area contributed by atoms with Crippen molar-refractivity contribution >= 4 is 0 Å². The molecule has 1 heterocycles. The van der Waals surface area contributed by atoms with Gasteiger partial charge in [0.05, 0.1) is 5.69 Å². The molecule has 0 bridgehead atoms. The Balaban J connectivity index is 2.58. The minimum atomic E-state index is 0.0306. The van der Waals surface area contributed by atoms with E-state index in [4.69, 9.17) is 5.73 Å². The van der Waals surface area contributed by atoms with Crippen molar-refractivity contribution in [3.8, 4) is 5.69 Å². The Kier molecular flexibility index (Phi) is 2.56. The molecular weight excluding hydrogens is 186 g/mol. The highest BCUT2D eigenvalue weighted by molar-refractivity contribution is 5.43. The molecule has 0 unspecified atom stereocenters. The van der Waals surface area contributed by atoms with Crippen LogP contribution < -0.4 is 5.73 Å². The minimum absolute atomic E-state index is 0.0306. The smallest absolute Gasteiger partial charge is 0.110 e. The number of benzene rings is 1. The molecule has 0 amide bonds. The highest BCUT2D eigenvalue weighted by Crippen LogP contribution is 2.20. The van der Waals surface area contributed by atoms with E-state index in [1.807, 2.05) is 32.2 Å². The van der Waals surface area contributed by atoms with Crippen LogP contribution in [0, 0.1) is 6.92 Å². The first-order valence-corrected chi connectivity index (χ1v) is 5.05. The van der Waals surface area contributed by atoms with Gasteiger partial charge in [0.2, 0.25) is 0 Å². The molecule has 1 aromatic carbocycles. The first-order valence-electron chi connectivity index (χ1n) is 5.05. The predicted octanol–water partition coefficient (Wildman–Crippen LogP) is 2.20. The Morgan fingerprint density at radius 3 is 2.67 bits per heavy atom. The number of nitrogens with zero attached hydrogens (tertiary/aromatic N) is 2. The van der Waals surface area contributed by atoms with Crippen LogP contribution in [-0.2, 0) is 0 Å². The Morgan fingerprint density at radius 2 is 2.07 bits per heavy atom. The van der Waals surface area contributed by atoms with Gasteiger partial charge in [0.15, 0.2) is 0 Å². The largest absolute Gasteiger partial charge is 0.324 e. The predicted molar refractivity (Wildman–Crippen MR) is 60.9 cm³/mol. The summed E-state index contributed by atoms with van der Waals surface area (Å²) in [5, 5.41) is 0. The van der Waals surface area contributed by atoms with E-state index in [-0.39, 0.29) is 6.04 Å². The summed E-state index contributed by atoms with van der Waals surface area (Å²) in [7, 11) is 0. The molecule has 0 radical (unpaired) electrons. The average Bonchev–Trinajstić information content (AvgIpc) is 2.64. The molecule has 2 aromatic rings. The van der Waals surface area contributed by atoms with Gasteiger partial charge in [-0.2, -0.15) is 0 Å². The lowest BCUT2D eigenvalue weighted by Crippen LogP contribution is -2.10. The molecule has 1 aromatic heterocycles. The van der Waals surface area contributed by atoms with Gasteiger partial charge in [0, 0.05) is 18.4 Å². The number of rotatable bonds is 2. The maximum absolute atomic E-state index is 5.94. The van der Waals surface area contributed by atoms with E-state index in [2.05, 4.69) is 21.7 Å². The second-order valence-corrected chi connectivity index (χ2v) is 3.69. The molecule has 78 valence electrons. The lowest BCUT2D eigenvalue weighted by molar-refractivity contribution is 0.799. The van der Waals surface area contributed by atoms with Crippen molar-refractivity contribution in [1.29, 1.82) is 0 Å². The molecule has 3 nitrogen and oxygen atoms in total. The molecule has 0 spiro atoms. The second-order valence-electron chi connectivity index (χ2n) is 3.69. The zero-order valence-corrected chi connectivity index (χ0v) is 9.01. The fourth-order valence-electron chi connectivity index (χ4n) is 1.72. The molecule has 3 heteroatoms. The number of aromatic nitrogens is 2. The topological polar surface area (TPSA) is 43.8 Å². The van der Waals surface area contributed by atoms with E-state index in [0.29, 0.717) is 0 Å². The van der Waals surface area contributed by atoms with E-state index < -0.39 is 0 Å². The molecule has 0 aliphatic heterocycles. The summed E-state index contributed by atoms with van der Waals surface area (Å²) in [6.07, 6.45) is 3.75. The van der Waals surface area contributed by atoms with Gasteiger partial charge >= 0.3 is 0 Å². The number of aryl methyl sites for hydroxylation is 1. The number of nitrogens with two attached hydrogens (primary N) is 1. The lowest BCUT2D eigenvalue weighted by Gasteiger charge is -2.14. The quantitative estimate of drug-likeness (QED) is 0.809. The van der Waals surface area contributed by atoms with E-state index in [1.165, 1.54) is 0 Å². The van der Waals surface area contributed by atoms with Crippen molar-refractivity contribution in [3.63, 3.8) is 0 Å². The first-order chi connectivity index (χ1) is 7.20. The van der Waals surface area contributed by atoms with Crippen molar-refractivity contribution in [2.24, 2.45) is 5.73 Å². The van der Waals surface area contributed by atoms with Gasteiger partial charge in [-0.1, -0.05) is 18.2 Å². The number of para-hydroxylation sites is 1. The Bertz CT molecular complexity index is 457. The van der Waals surface area contributed by atoms with Crippen molar-refractivity contribution < 1.29 is 0 Å². The zero-order chi connectivity index (χ0) is 10.8. The summed E-state index contributed by atoms with van der Waals surface area (Å²) in [4.78, 5) is 4.22. The van der Waals surface area contributed by atoms with Crippen LogP contribution in [0.15, 0.2) is 36.7 Å². The SMILES string of the molecule is Cc1nccn1-c1ccccc1[C@@H](C)N. The third kappa shape index (κ3) is 1.78. The highest BCUT2D eigenvalue weighted by Gasteiger charge is 2.08. The van der Waals surface area contributed by atoms with Crippen LogP contribution in [0.1, 0.15) is 24.4 Å². The van der Waals surface area contributed by atoms with Gasteiger partial charge in [-0.05, 0) is 25.5 Å². The summed E-state index contributed by atoms with van der Waals surface area (Å²) in [5.41, 5.74) is 8.19. The summed E-state index contributed by atoms with van der Waals surface area (Å²) < 4.78 is 2.05. The molecular formula is C12H15N3. The highest BCUT2D eigenvalue weighted by atomic mass is 15.1. The van der Waals surface area contributed by atoms with Gasteiger partial charge in [-0.15, -0.1) is 0 Å². The van der Waals surface area contributed by atoms with Crippen LogP contribution in [0.5, 0.6) is 0 Å². The van der Waals surface area contributed by atoms with Crippen LogP contribution in [0.25, 0.3) is 5.69 Å². The molecule has 2 rings (SSSR count). The van der Waals surface area contributed by atoms with Crippen LogP contribution in [0.4, 0.5) is 0 Å². The summed E-state index contributed by atoms with van der Waals surface area (Å²) in [5.74, 6) is 0.975. The van der Waals surface area contributed by atoms with Gasteiger partial charge < -0.3 is 10.3 Å². The number of imidazole rings is 1. The Labute approximate surface area is 89.6 Å². The molecule has 0 aliphatic rings. The van der Waals surface area contributed by atoms with Gasteiger partial charge in [-0.3, -0.25) is 0 Å². The molecule has 0 saturated heterocycles. The van der Waals surface area contributed by atoms with Crippen molar-refractivity contribution in [2.45, 2.75) is 19.9 Å². The normalized spacial score (nSPS) is 12.7. The van der Waals surface area contributed by atoms with Crippen molar-refractivity contribution in [3.05, 3.63) is 48.0 Å². The zero-order valence-electron chi connectivity index (χ0n) is 9.01. The lowest BCUT2D eigenvalue weighted by atomic mass is 10.1. The van der Waals surface area contributed by atoms with Crippen molar-refractivity contribution in [1.82, 2.24) is 9.55 Å². The third-order valence-electron chi connectivity index (χ3n) is 2.51. The van der Waals surface area contributed by atoms with Crippen LogP contribution in [0.2, 0.25) is 0 Å². The summed E-state index contributed by atoms with van der Waals surface area (Å²) >= 11 is 0. The molecule has 0 saturated carbocycles. The molecule has 0 aliphatic carbocycles. The van der Waals surface area contributed by atoms with Crippen molar-refractivity contribution in [2.75, 3.05) is 0 Å². The van der Waals surface area contributed by atoms with E-state index in [9.17, 15) is 0 Å². The maximum Gasteiger partial charge on any atom is 0.110 e. The maximum atomic E-state index is 5.94. The third-order valence-corrected chi connectivity index (χ3v) is 2.51. The molecule has 0 fully saturated rings. The first kappa shape index (κ1) is 9.93. The Morgan fingerprint density at radius 1 is 1.33 bits per heavy atom. The second kappa shape index (κ2) is 3.87. The average molecular weight is 201 g/mol. The molecule has 2 N–H and O–H groups in total. The van der Waals surface area contributed by atoms with E-state index in [1.54, 1.807) is 6.20 Å². The molecule has 1 atom stereocenters. The van der Waals surface area contributed by atoms with Crippen LogP contribution >= 0.6 is 0 Å². The molecule has 15 heavy (non-hydrogen) atoms.